The van der Waals surface area contributed by atoms with Gasteiger partial charge >= 0.3 is 0 Å². The van der Waals surface area contributed by atoms with Crippen molar-refractivity contribution >= 4 is 16.0 Å². The summed E-state index contributed by atoms with van der Waals surface area (Å²) in [6.07, 6.45) is 2.71. The summed E-state index contributed by atoms with van der Waals surface area (Å²) in [6, 6.07) is 9.93. The average molecular weight is 366 g/mol. The van der Waals surface area contributed by atoms with Gasteiger partial charge in [0.2, 0.25) is 0 Å². The van der Waals surface area contributed by atoms with Gasteiger partial charge in [0.1, 0.15) is 5.78 Å². The summed E-state index contributed by atoms with van der Waals surface area (Å²) in [7, 11) is -3.48. The highest BCUT2D eigenvalue weighted by Gasteiger charge is 2.36. The first kappa shape index (κ1) is 18.5. The number of piperidine rings is 1. The quantitative estimate of drug-likeness (QED) is 0.765. The molecule has 0 saturated carbocycles. The van der Waals surface area contributed by atoms with Crippen molar-refractivity contribution in [1.82, 2.24) is 8.61 Å². The smallest absolute Gasteiger partial charge is 0.282 e. The number of rotatable bonds is 6. The minimum atomic E-state index is -3.48. The second-order valence-corrected chi connectivity index (χ2v) is 8.60. The van der Waals surface area contributed by atoms with Crippen LogP contribution in [0.25, 0.3) is 0 Å². The SMILES string of the molecule is O=C(CCc1ccccc1)C1CCCN(S(=O)(=O)N2CCOCC2)C1. The van der Waals surface area contributed by atoms with Crippen LogP contribution in [0.15, 0.2) is 30.3 Å². The minimum Gasteiger partial charge on any atom is -0.379 e. The van der Waals surface area contributed by atoms with E-state index in [1.165, 1.54) is 8.61 Å². The van der Waals surface area contributed by atoms with Crippen molar-refractivity contribution in [2.45, 2.75) is 25.7 Å². The van der Waals surface area contributed by atoms with E-state index in [1.807, 2.05) is 30.3 Å². The van der Waals surface area contributed by atoms with Gasteiger partial charge in [-0.25, -0.2) is 0 Å². The summed E-state index contributed by atoms with van der Waals surface area (Å²) in [5.41, 5.74) is 1.14. The Morgan fingerprint density at radius 3 is 2.52 bits per heavy atom. The summed E-state index contributed by atoms with van der Waals surface area (Å²) in [5.74, 6) is -0.0148. The number of hydrogen-bond donors (Lipinski definition) is 0. The van der Waals surface area contributed by atoms with Crippen molar-refractivity contribution < 1.29 is 17.9 Å². The van der Waals surface area contributed by atoms with Gasteiger partial charge in [-0.1, -0.05) is 30.3 Å². The standard InChI is InChI=1S/C18H26N2O4S/c21-18(9-8-16-5-2-1-3-6-16)17-7-4-10-20(15-17)25(22,23)19-11-13-24-14-12-19/h1-3,5-6,17H,4,7-15H2. The van der Waals surface area contributed by atoms with E-state index in [4.69, 9.17) is 4.74 Å². The van der Waals surface area contributed by atoms with Crippen LogP contribution in [0.5, 0.6) is 0 Å². The second-order valence-electron chi connectivity index (χ2n) is 6.67. The van der Waals surface area contributed by atoms with Crippen molar-refractivity contribution in [2.24, 2.45) is 5.92 Å². The van der Waals surface area contributed by atoms with Crippen LogP contribution in [-0.4, -0.2) is 62.2 Å². The molecular formula is C18H26N2O4S. The van der Waals surface area contributed by atoms with E-state index in [2.05, 4.69) is 0 Å². The summed E-state index contributed by atoms with van der Waals surface area (Å²) < 4.78 is 33.8. The van der Waals surface area contributed by atoms with Crippen molar-refractivity contribution in [3.05, 3.63) is 35.9 Å². The molecule has 0 aliphatic carbocycles. The van der Waals surface area contributed by atoms with Crippen molar-refractivity contribution in [3.8, 4) is 0 Å². The van der Waals surface area contributed by atoms with Gasteiger partial charge in [0.15, 0.2) is 0 Å². The first-order valence-electron chi connectivity index (χ1n) is 8.97. The molecule has 1 atom stereocenters. The normalized spacial score (nSPS) is 23.4. The van der Waals surface area contributed by atoms with Gasteiger partial charge in [-0.15, -0.1) is 0 Å². The molecule has 0 bridgehead atoms. The fraction of sp³-hybridized carbons (Fsp3) is 0.611. The molecule has 1 aromatic carbocycles. The van der Waals surface area contributed by atoms with Crippen LogP contribution >= 0.6 is 0 Å². The van der Waals surface area contributed by atoms with Crippen LogP contribution in [0.3, 0.4) is 0 Å². The molecule has 25 heavy (non-hydrogen) atoms. The minimum absolute atomic E-state index is 0.172. The van der Waals surface area contributed by atoms with E-state index >= 15 is 0 Å². The maximum absolute atomic E-state index is 12.8. The van der Waals surface area contributed by atoms with Gasteiger partial charge in [-0.05, 0) is 24.8 Å². The molecule has 0 amide bonds. The summed E-state index contributed by atoms with van der Waals surface area (Å²) >= 11 is 0. The lowest BCUT2D eigenvalue weighted by molar-refractivity contribution is -0.123. The number of carbonyl (C=O) groups excluding carboxylic acids is 1. The lowest BCUT2D eigenvalue weighted by Gasteiger charge is -2.36. The number of ketones is 1. The van der Waals surface area contributed by atoms with Crippen molar-refractivity contribution in [2.75, 3.05) is 39.4 Å². The maximum Gasteiger partial charge on any atom is 0.282 e. The first-order valence-corrected chi connectivity index (χ1v) is 10.4. The second kappa shape index (κ2) is 8.40. The van der Waals surface area contributed by atoms with Gasteiger partial charge in [0.05, 0.1) is 13.2 Å². The van der Waals surface area contributed by atoms with Gasteiger partial charge in [-0.2, -0.15) is 17.0 Å². The third-order valence-corrected chi connectivity index (χ3v) is 6.97. The molecule has 2 saturated heterocycles. The third kappa shape index (κ3) is 4.67. The monoisotopic (exact) mass is 366 g/mol. The predicted octanol–water partition coefficient (Wildman–Crippen LogP) is 1.48. The number of aryl methyl sites for hydroxylation is 1. The fourth-order valence-electron chi connectivity index (χ4n) is 3.47. The Bertz CT molecular complexity index is 672. The molecule has 0 N–H and O–H groups in total. The maximum atomic E-state index is 12.8. The molecular weight excluding hydrogens is 340 g/mol. The highest BCUT2D eigenvalue weighted by Crippen LogP contribution is 2.23. The molecule has 2 heterocycles. The number of morpholine rings is 1. The van der Waals surface area contributed by atoms with E-state index in [0.29, 0.717) is 52.2 Å². The zero-order chi connectivity index (χ0) is 17.7. The van der Waals surface area contributed by atoms with E-state index < -0.39 is 10.2 Å². The van der Waals surface area contributed by atoms with E-state index in [1.54, 1.807) is 0 Å². The predicted molar refractivity (Wildman–Crippen MR) is 95.4 cm³/mol. The molecule has 1 unspecified atom stereocenters. The first-order chi connectivity index (χ1) is 12.1. The largest absolute Gasteiger partial charge is 0.379 e. The van der Waals surface area contributed by atoms with Crippen LogP contribution in [0, 0.1) is 5.92 Å². The molecule has 3 rings (SSSR count). The summed E-state index contributed by atoms with van der Waals surface area (Å²) in [6.45, 7) is 2.48. The molecule has 2 fully saturated rings. The average Bonchev–Trinajstić information content (AvgIpc) is 2.67. The molecule has 1 aromatic rings. The Balaban J connectivity index is 1.57. The Morgan fingerprint density at radius 1 is 1.08 bits per heavy atom. The van der Waals surface area contributed by atoms with Crippen LogP contribution in [-0.2, 0) is 26.2 Å². The number of benzene rings is 1. The van der Waals surface area contributed by atoms with Gasteiger partial charge in [0, 0.05) is 38.5 Å². The molecule has 138 valence electrons. The molecule has 2 aliphatic heterocycles. The highest BCUT2D eigenvalue weighted by molar-refractivity contribution is 7.86. The Kier molecular flexibility index (Phi) is 6.22. The topological polar surface area (TPSA) is 66.9 Å². The third-order valence-electron chi connectivity index (χ3n) is 4.96. The van der Waals surface area contributed by atoms with Crippen molar-refractivity contribution in [1.29, 1.82) is 0 Å². The van der Waals surface area contributed by atoms with Gasteiger partial charge in [-0.3, -0.25) is 4.79 Å². The zero-order valence-corrected chi connectivity index (χ0v) is 15.3. The van der Waals surface area contributed by atoms with Crippen LogP contribution in [0.1, 0.15) is 24.8 Å². The van der Waals surface area contributed by atoms with E-state index in [0.717, 1.165) is 18.4 Å². The lowest BCUT2D eigenvalue weighted by atomic mass is 9.91. The molecule has 0 spiro atoms. The number of ether oxygens (including phenoxy) is 1. The molecule has 6 nitrogen and oxygen atoms in total. The van der Waals surface area contributed by atoms with Crippen molar-refractivity contribution in [3.63, 3.8) is 0 Å². The highest BCUT2D eigenvalue weighted by atomic mass is 32.2. The molecule has 7 heteroatoms. The molecule has 0 radical (unpaired) electrons. The van der Waals surface area contributed by atoms with Gasteiger partial charge < -0.3 is 4.74 Å². The van der Waals surface area contributed by atoms with Gasteiger partial charge in [0.25, 0.3) is 10.2 Å². The summed E-state index contributed by atoms with van der Waals surface area (Å²) in [4.78, 5) is 12.6. The Labute approximate surface area is 149 Å². The van der Waals surface area contributed by atoms with Crippen LogP contribution in [0.4, 0.5) is 0 Å². The van der Waals surface area contributed by atoms with E-state index in [-0.39, 0.29) is 11.7 Å². The lowest BCUT2D eigenvalue weighted by Crippen LogP contribution is -2.52. The van der Waals surface area contributed by atoms with E-state index in [9.17, 15) is 13.2 Å². The number of carbonyl (C=O) groups is 1. The zero-order valence-electron chi connectivity index (χ0n) is 14.5. The molecule has 0 aromatic heterocycles. The summed E-state index contributed by atoms with van der Waals surface area (Å²) in [5, 5.41) is 0. The Hall–Kier alpha value is -1.28. The fourth-order valence-corrected chi connectivity index (χ4v) is 5.14. The number of nitrogens with zero attached hydrogens (tertiary/aromatic N) is 2. The van der Waals surface area contributed by atoms with Crippen LogP contribution in [0.2, 0.25) is 0 Å². The Morgan fingerprint density at radius 2 is 1.80 bits per heavy atom. The molecule has 2 aliphatic rings. The van der Waals surface area contributed by atoms with Crippen LogP contribution < -0.4 is 0 Å². The number of hydrogen-bond acceptors (Lipinski definition) is 4. The number of Topliss-reactive ketones (excluding diaryl/α,β-unsaturated/α-hetero) is 1.